The summed E-state index contributed by atoms with van der Waals surface area (Å²) in [5, 5.41) is 0. The molecule has 4 nitrogen and oxygen atoms in total. The van der Waals surface area contributed by atoms with E-state index in [0.29, 0.717) is 5.56 Å². The quantitative estimate of drug-likeness (QED) is 0.623. The maximum Gasteiger partial charge on any atom is 0.310 e. The summed E-state index contributed by atoms with van der Waals surface area (Å²) >= 11 is 0. The van der Waals surface area contributed by atoms with Crippen LogP contribution in [-0.4, -0.2) is 18.5 Å². The normalized spacial score (nSPS) is 12.5. The van der Waals surface area contributed by atoms with E-state index in [2.05, 4.69) is 0 Å². The molecule has 5 heteroatoms. The highest BCUT2D eigenvalue weighted by atomic mass is 19.1. The summed E-state index contributed by atoms with van der Waals surface area (Å²) in [6.45, 7) is -0.358. The molecule has 0 atom stereocenters. The fourth-order valence-corrected chi connectivity index (χ4v) is 3.58. The van der Waals surface area contributed by atoms with Gasteiger partial charge in [0, 0.05) is 0 Å². The second kappa shape index (κ2) is 8.27. The lowest BCUT2D eigenvalue weighted by Gasteiger charge is -2.24. The Kier molecular flexibility index (Phi) is 5.38. The van der Waals surface area contributed by atoms with Crippen molar-refractivity contribution in [2.45, 2.75) is 19.3 Å². The fraction of sp³-hybridized carbons (Fsp3) is 0.167. The first-order chi connectivity index (χ1) is 14.1. The highest BCUT2D eigenvalue weighted by molar-refractivity contribution is 6.03. The van der Waals surface area contributed by atoms with E-state index in [1.54, 1.807) is 4.90 Å². The van der Waals surface area contributed by atoms with Gasteiger partial charge in [-0.05, 0) is 53.8 Å². The zero-order valence-electron chi connectivity index (χ0n) is 15.8. The highest BCUT2D eigenvalue weighted by Crippen LogP contribution is 2.35. The molecule has 1 aliphatic heterocycles. The van der Waals surface area contributed by atoms with E-state index in [1.807, 2.05) is 48.5 Å². The predicted octanol–water partition coefficient (Wildman–Crippen LogP) is 4.37. The third-order valence-corrected chi connectivity index (χ3v) is 5.00. The smallest absolute Gasteiger partial charge is 0.310 e. The average molecular weight is 389 g/mol. The van der Waals surface area contributed by atoms with Crippen LogP contribution in [0.15, 0.2) is 72.8 Å². The van der Waals surface area contributed by atoms with Gasteiger partial charge in [0.15, 0.2) is 6.61 Å². The lowest BCUT2D eigenvalue weighted by Crippen LogP contribution is -2.31. The summed E-state index contributed by atoms with van der Waals surface area (Å²) in [5.74, 6) is -1.20. The van der Waals surface area contributed by atoms with E-state index in [9.17, 15) is 14.0 Å². The molecule has 0 unspecified atom stereocenters. The number of anilines is 2. The number of benzene rings is 3. The summed E-state index contributed by atoms with van der Waals surface area (Å²) in [5.41, 5.74) is 4.42. The van der Waals surface area contributed by atoms with Crippen LogP contribution in [0.1, 0.15) is 16.7 Å². The fourth-order valence-electron chi connectivity index (χ4n) is 3.58. The standard InChI is InChI=1S/C24H20FNO3/c25-20-13-9-17(10-14-20)15-24(28)29-16-23(27)26-21-7-3-1-5-18(21)11-12-19-6-2-4-8-22(19)26/h1-10,13-14H,11-12,15-16H2. The molecule has 0 spiro atoms. The number of carbonyl (C=O) groups excluding carboxylic acids is 2. The molecule has 146 valence electrons. The monoisotopic (exact) mass is 389 g/mol. The van der Waals surface area contributed by atoms with E-state index in [4.69, 9.17) is 4.74 Å². The van der Waals surface area contributed by atoms with Gasteiger partial charge in [-0.1, -0.05) is 48.5 Å². The number of amides is 1. The van der Waals surface area contributed by atoms with Crippen molar-refractivity contribution >= 4 is 23.3 Å². The maximum absolute atomic E-state index is 13.1. The second-order valence-electron chi connectivity index (χ2n) is 6.95. The largest absolute Gasteiger partial charge is 0.455 e. The van der Waals surface area contributed by atoms with Crippen molar-refractivity contribution < 1.29 is 18.7 Å². The number of hydrogen-bond donors (Lipinski definition) is 0. The number of nitrogens with zero attached hydrogens (tertiary/aromatic N) is 1. The molecule has 29 heavy (non-hydrogen) atoms. The van der Waals surface area contributed by atoms with Crippen molar-refractivity contribution in [3.05, 3.63) is 95.3 Å². The molecule has 1 aliphatic rings. The van der Waals surface area contributed by atoms with Crippen LogP contribution in [0.5, 0.6) is 0 Å². The van der Waals surface area contributed by atoms with Gasteiger partial charge in [0.25, 0.3) is 5.91 Å². The van der Waals surface area contributed by atoms with Gasteiger partial charge in [-0.3, -0.25) is 14.5 Å². The van der Waals surface area contributed by atoms with E-state index in [1.165, 1.54) is 24.3 Å². The number of para-hydroxylation sites is 2. The van der Waals surface area contributed by atoms with Crippen LogP contribution in [0.4, 0.5) is 15.8 Å². The SMILES string of the molecule is O=C(Cc1ccc(F)cc1)OCC(=O)N1c2ccccc2CCc2ccccc21. The van der Waals surface area contributed by atoms with E-state index < -0.39 is 5.97 Å². The van der Waals surface area contributed by atoms with Crippen molar-refractivity contribution in [1.29, 1.82) is 0 Å². The number of aryl methyl sites for hydroxylation is 2. The summed E-state index contributed by atoms with van der Waals surface area (Å²) < 4.78 is 18.2. The summed E-state index contributed by atoms with van der Waals surface area (Å²) in [7, 11) is 0. The Labute approximate surface area is 168 Å². The molecule has 1 heterocycles. The molecule has 4 rings (SSSR count). The second-order valence-corrected chi connectivity index (χ2v) is 6.95. The first-order valence-corrected chi connectivity index (χ1v) is 9.50. The van der Waals surface area contributed by atoms with Gasteiger partial charge in [-0.2, -0.15) is 0 Å². The van der Waals surface area contributed by atoms with Gasteiger partial charge in [0.2, 0.25) is 0 Å². The number of hydrogen-bond acceptors (Lipinski definition) is 3. The highest BCUT2D eigenvalue weighted by Gasteiger charge is 2.26. The van der Waals surface area contributed by atoms with Gasteiger partial charge < -0.3 is 4.74 Å². The lowest BCUT2D eigenvalue weighted by atomic mass is 10.0. The van der Waals surface area contributed by atoms with Crippen LogP contribution in [-0.2, 0) is 33.6 Å². The molecule has 0 aliphatic carbocycles. The minimum atomic E-state index is -0.527. The molecular weight excluding hydrogens is 369 g/mol. The van der Waals surface area contributed by atoms with Gasteiger partial charge in [0.05, 0.1) is 17.8 Å². The number of rotatable bonds is 4. The van der Waals surface area contributed by atoms with Crippen LogP contribution in [0, 0.1) is 5.82 Å². The van der Waals surface area contributed by atoms with Crippen molar-refractivity contribution in [2.24, 2.45) is 0 Å². The lowest BCUT2D eigenvalue weighted by molar-refractivity contribution is -0.147. The molecule has 3 aromatic rings. The first-order valence-electron chi connectivity index (χ1n) is 9.50. The molecule has 0 bridgehead atoms. The van der Waals surface area contributed by atoms with Crippen LogP contribution in [0.2, 0.25) is 0 Å². The summed E-state index contributed by atoms with van der Waals surface area (Å²) in [6.07, 6.45) is 1.66. The van der Waals surface area contributed by atoms with E-state index in [0.717, 1.165) is 35.3 Å². The molecule has 0 aromatic heterocycles. The molecule has 3 aromatic carbocycles. The Balaban J connectivity index is 1.52. The third kappa shape index (κ3) is 4.19. The number of esters is 1. The molecule has 1 amide bonds. The van der Waals surface area contributed by atoms with Gasteiger partial charge in [-0.15, -0.1) is 0 Å². The van der Waals surface area contributed by atoms with Crippen LogP contribution in [0.3, 0.4) is 0 Å². The van der Waals surface area contributed by atoms with Crippen molar-refractivity contribution in [3.63, 3.8) is 0 Å². The molecule has 0 radical (unpaired) electrons. The zero-order chi connectivity index (χ0) is 20.2. The van der Waals surface area contributed by atoms with Crippen LogP contribution in [0.25, 0.3) is 0 Å². The number of ether oxygens (including phenoxy) is 1. The van der Waals surface area contributed by atoms with Gasteiger partial charge in [-0.25, -0.2) is 4.39 Å². The van der Waals surface area contributed by atoms with Gasteiger partial charge >= 0.3 is 5.97 Å². The Morgan fingerprint density at radius 1 is 0.828 bits per heavy atom. The predicted molar refractivity (Wildman–Crippen MR) is 109 cm³/mol. The average Bonchev–Trinajstić information content (AvgIpc) is 2.91. The number of fused-ring (bicyclic) bond motifs is 2. The third-order valence-electron chi connectivity index (χ3n) is 5.00. The molecule has 0 saturated carbocycles. The Morgan fingerprint density at radius 2 is 1.38 bits per heavy atom. The molecule has 0 saturated heterocycles. The summed E-state index contributed by atoms with van der Waals surface area (Å²) in [6, 6.07) is 21.2. The maximum atomic E-state index is 13.1. The molecule has 0 fully saturated rings. The minimum absolute atomic E-state index is 0.0132. The van der Waals surface area contributed by atoms with E-state index >= 15 is 0 Å². The summed E-state index contributed by atoms with van der Waals surface area (Å²) in [4.78, 5) is 26.9. The number of halogens is 1. The molecular formula is C24H20FNO3. The zero-order valence-corrected chi connectivity index (χ0v) is 15.8. The van der Waals surface area contributed by atoms with E-state index in [-0.39, 0.29) is 24.8 Å². The first kappa shape index (κ1) is 18.9. The van der Waals surface area contributed by atoms with Crippen molar-refractivity contribution in [3.8, 4) is 0 Å². The van der Waals surface area contributed by atoms with Crippen molar-refractivity contribution in [2.75, 3.05) is 11.5 Å². The van der Waals surface area contributed by atoms with Crippen LogP contribution < -0.4 is 4.90 Å². The van der Waals surface area contributed by atoms with Gasteiger partial charge in [0.1, 0.15) is 5.82 Å². The topological polar surface area (TPSA) is 46.6 Å². The van der Waals surface area contributed by atoms with Crippen molar-refractivity contribution in [1.82, 2.24) is 0 Å². The Hall–Kier alpha value is -3.47. The minimum Gasteiger partial charge on any atom is -0.455 e. The van der Waals surface area contributed by atoms with Crippen LogP contribution >= 0.6 is 0 Å². The Bertz CT molecular complexity index is 999. The Morgan fingerprint density at radius 3 is 1.97 bits per heavy atom. The number of carbonyl (C=O) groups is 2. The molecule has 0 N–H and O–H groups in total.